The summed E-state index contributed by atoms with van der Waals surface area (Å²) in [6.45, 7) is -0.157. The maximum Gasteiger partial charge on any atom is 0.271 e. The molecule has 2 aromatic rings. The maximum atomic E-state index is 12.0. The van der Waals surface area contributed by atoms with Gasteiger partial charge in [0.25, 0.3) is 10.0 Å². The average molecular weight is 395 g/mol. The number of aliphatic hydroxyl groups is 1. The fourth-order valence-electron chi connectivity index (χ4n) is 1.30. The van der Waals surface area contributed by atoms with Gasteiger partial charge >= 0.3 is 0 Å². The van der Waals surface area contributed by atoms with E-state index in [2.05, 4.69) is 27.3 Å². The van der Waals surface area contributed by atoms with Crippen molar-refractivity contribution in [1.29, 1.82) is 0 Å². The van der Waals surface area contributed by atoms with Gasteiger partial charge in [-0.2, -0.15) is 0 Å². The van der Waals surface area contributed by atoms with E-state index < -0.39 is 10.0 Å². The predicted molar refractivity (Wildman–Crippen MR) is 80.2 cm³/mol. The van der Waals surface area contributed by atoms with Gasteiger partial charge in [-0.3, -0.25) is 4.72 Å². The molecular weight excluding hydrogens is 385 g/mol. The number of rotatable bonds is 4. The molecule has 1 heterocycles. The number of hydrogen-bond donors (Lipinski definition) is 2. The third kappa shape index (κ3) is 3.22. The molecule has 0 fully saturated rings. The van der Waals surface area contributed by atoms with E-state index in [9.17, 15) is 8.42 Å². The van der Waals surface area contributed by atoms with Crippen molar-refractivity contribution < 1.29 is 13.5 Å². The van der Waals surface area contributed by atoms with Crippen LogP contribution < -0.4 is 4.72 Å². The number of halogens is 1. The molecule has 96 valence electrons. The minimum absolute atomic E-state index is 0.157. The SMILES string of the molecule is O=S(=O)(Nc1ccc(I)cc1)c1cc(CO)cs1. The molecule has 4 nitrogen and oxygen atoms in total. The molecule has 18 heavy (non-hydrogen) atoms. The minimum atomic E-state index is -3.56. The third-order valence-corrected chi connectivity index (χ3v) is 5.76. The highest BCUT2D eigenvalue weighted by Gasteiger charge is 2.16. The molecule has 0 aliphatic heterocycles. The summed E-state index contributed by atoms with van der Waals surface area (Å²) in [5.41, 5.74) is 1.12. The number of sulfonamides is 1. The Balaban J connectivity index is 2.24. The van der Waals surface area contributed by atoms with Crippen molar-refractivity contribution >= 4 is 49.6 Å². The number of thiophene rings is 1. The van der Waals surface area contributed by atoms with E-state index >= 15 is 0 Å². The van der Waals surface area contributed by atoms with Crippen molar-refractivity contribution in [3.05, 3.63) is 44.8 Å². The fraction of sp³-hybridized carbons (Fsp3) is 0.0909. The summed E-state index contributed by atoms with van der Waals surface area (Å²) in [5.74, 6) is 0. The molecule has 0 atom stereocenters. The minimum Gasteiger partial charge on any atom is -0.392 e. The van der Waals surface area contributed by atoms with Gasteiger partial charge in [-0.15, -0.1) is 11.3 Å². The van der Waals surface area contributed by atoms with Crippen LogP contribution in [0.15, 0.2) is 39.9 Å². The molecule has 0 saturated heterocycles. The van der Waals surface area contributed by atoms with Crippen LogP contribution in [0.2, 0.25) is 0 Å². The second-order valence-electron chi connectivity index (χ2n) is 3.54. The van der Waals surface area contributed by atoms with Crippen molar-refractivity contribution in [3.63, 3.8) is 0 Å². The van der Waals surface area contributed by atoms with Crippen LogP contribution in [0, 0.1) is 3.57 Å². The number of aliphatic hydroxyl groups excluding tert-OH is 1. The molecule has 0 radical (unpaired) electrons. The summed E-state index contributed by atoms with van der Waals surface area (Å²) in [6.07, 6.45) is 0. The molecule has 0 aliphatic rings. The van der Waals surface area contributed by atoms with Gasteiger partial charge in [0.05, 0.1) is 6.61 Å². The molecule has 1 aromatic heterocycles. The maximum absolute atomic E-state index is 12.0. The third-order valence-electron chi connectivity index (χ3n) is 2.17. The van der Waals surface area contributed by atoms with E-state index in [1.54, 1.807) is 17.5 Å². The van der Waals surface area contributed by atoms with Gasteiger partial charge in [0.1, 0.15) is 4.21 Å². The number of benzene rings is 1. The Morgan fingerprint density at radius 1 is 1.28 bits per heavy atom. The van der Waals surface area contributed by atoms with E-state index in [-0.39, 0.29) is 10.8 Å². The molecule has 7 heteroatoms. The smallest absolute Gasteiger partial charge is 0.271 e. The molecule has 2 N–H and O–H groups in total. The highest BCUT2D eigenvalue weighted by molar-refractivity contribution is 14.1. The summed E-state index contributed by atoms with van der Waals surface area (Å²) in [5, 5.41) is 10.6. The molecule has 0 spiro atoms. The Morgan fingerprint density at radius 3 is 2.50 bits per heavy atom. The summed E-state index contributed by atoms with van der Waals surface area (Å²) in [4.78, 5) is 0. The molecule has 0 unspecified atom stereocenters. The van der Waals surface area contributed by atoms with Crippen LogP contribution in [0.1, 0.15) is 5.56 Å². The van der Waals surface area contributed by atoms with Crippen molar-refractivity contribution in [1.82, 2.24) is 0 Å². The first kappa shape index (κ1) is 13.8. The lowest BCUT2D eigenvalue weighted by Crippen LogP contribution is -2.11. The highest BCUT2D eigenvalue weighted by Crippen LogP contribution is 2.23. The van der Waals surface area contributed by atoms with Crippen LogP contribution in [-0.2, 0) is 16.6 Å². The quantitative estimate of drug-likeness (QED) is 0.783. The number of hydrogen-bond acceptors (Lipinski definition) is 4. The van der Waals surface area contributed by atoms with Crippen LogP contribution in [-0.4, -0.2) is 13.5 Å². The van der Waals surface area contributed by atoms with Crippen LogP contribution in [0.5, 0.6) is 0 Å². The van der Waals surface area contributed by atoms with Crippen LogP contribution in [0.3, 0.4) is 0 Å². The second kappa shape index (κ2) is 5.55. The summed E-state index contributed by atoms with van der Waals surface area (Å²) in [7, 11) is -3.56. The molecule has 0 aliphatic carbocycles. The van der Waals surface area contributed by atoms with E-state index in [1.165, 1.54) is 6.07 Å². The van der Waals surface area contributed by atoms with Crippen LogP contribution in [0.25, 0.3) is 0 Å². The summed E-state index contributed by atoms with van der Waals surface area (Å²) < 4.78 is 27.8. The molecular formula is C11H10INO3S2. The van der Waals surface area contributed by atoms with Crippen molar-refractivity contribution in [2.45, 2.75) is 10.8 Å². The van der Waals surface area contributed by atoms with Gasteiger partial charge in [0.15, 0.2) is 0 Å². The van der Waals surface area contributed by atoms with Crippen molar-refractivity contribution in [3.8, 4) is 0 Å². The van der Waals surface area contributed by atoms with E-state index in [0.717, 1.165) is 14.9 Å². The Kier molecular flexibility index (Phi) is 4.25. The highest BCUT2D eigenvalue weighted by atomic mass is 127. The van der Waals surface area contributed by atoms with E-state index in [1.807, 2.05) is 12.1 Å². The van der Waals surface area contributed by atoms with Gasteiger partial charge in [0.2, 0.25) is 0 Å². The van der Waals surface area contributed by atoms with Crippen LogP contribution in [0.4, 0.5) is 5.69 Å². The topological polar surface area (TPSA) is 66.4 Å². The fourth-order valence-corrected chi connectivity index (χ4v) is 3.92. The predicted octanol–water partition coefficient (Wildman–Crippen LogP) is 2.65. The first-order chi connectivity index (χ1) is 8.51. The zero-order chi connectivity index (χ0) is 13.2. The Bertz CT molecular complexity index is 635. The lowest BCUT2D eigenvalue weighted by molar-refractivity contribution is 0.282. The lowest BCUT2D eigenvalue weighted by Gasteiger charge is -2.05. The summed E-state index contributed by atoms with van der Waals surface area (Å²) >= 11 is 3.24. The monoisotopic (exact) mass is 395 g/mol. The molecule has 1 aromatic carbocycles. The molecule has 0 amide bonds. The average Bonchev–Trinajstić information content (AvgIpc) is 2.81. The molecule has 0 bridgehead atoms. The Hall–Kier alpha value is -0.640. The summed E-state index contributed by atoms with van der Waals surface area (Å²) in [6, 6.07) is 8.54. The zero-order valence-corrected chi connectivity index (χ0v) is 12.9. The molecule has 2 rings (SSSR count). The standard InChI is InChI=1S/C11H10INO3S2/c12-9-1-3-10(4-2-9)13-18(15,16)11-5-8(6-14)7-17-11/h1-5,7,13-14H,6H2. The number of anilines is 1. The Labute approximate surface area is 123 Å². The normalized spacial score (nSPS) is 11.4. The van der Waals surface area contributed by atoms with Gasteiger partial charge in [-0.25, -0.2) is 8.42 Å². The van der Waals surface area contributed by atoms with Crippen molar-refractivity contribution in [2.24, 2.45) is 0 Å². The zero-order valence-electron chi connectivity index (χ0n) is 9.13. The van der Waals surface area contributed by atoms with Gasteiger partial charge in [-0.05, 0) is 63.9 Å². The van der Waals surface area contributed by atoms with E-state index in [4.69, 9.17) is 5.11 Å². The first-order valence-corrected chi connectivity index (χ1v) is 8.42. The first-order valence-electron chi connectivity index (χ1n) is 4.98. The van der Waals surface area contributed by atoms with Gasteiger partial charge < -0.3 is 5.11 Å². The van der Waals surface area contributed by atoms with Gasteiger partial charge in [-0.1, -0.05) is 0 Å². The number of nitrogens with one attached hydrogen (secondary N) is 1. The van der Waals surface area contributed by atoms with Crippen molar-refractivity contribution in [2.75, 3.05) is 4.72 Å². The van der Waals surface area contributed by atoms with Gasteiger partial charge in [0, 0.05) is 9.26 Å². The molecule has 0 saturated carbocycles. The Morgan fingerprint density at radius 2 is 1.94 bits per heavy atom. The largest absolute Gasteiger partial charge is 0.392 e. The lowest BCUT2D eigenvalue weighted by atomic mass is 10.3. The van der Waals surface area contributed by atoms with Crippen LogP contribution >= 0.6 is 33.9 Å². The second-order valence-corrected chi connectivity index (χ2v) is 7.61. The van der Waals surface area contributed by atoms with E-state index in [0.29, 0.717) is 11.3 Å².